The van der Waals surface area contributed by atoms with Crippen molar-refractivity contribution < 1.29 is 19.1 Å². The van der Waals surface area contributed by atoms with Gasteiger partial charge in [0, 0.05) is 0 Å². The van der Waals surface area contributed by atoms with Gasteiger partial charge in [0.15, 0.2) is 0 Å². The van der Waals surface area contributed by atoms with Gasteiger partial charge in [-0.15, -0.1) is 0 Å². The minimum absolute atomic E-state index is 0.140. The molecule has 1 aromatic rings. The first-order chi connectivity index (χ1) is 9.04. The van der Waals surface area contributed by atoms with Crippen LogP contribution >= 0.6 is 0 Å². The topological polar surface area (TPSA) is 90.7 Å². The van der Waals surface area contributed by atoms with Crippen LogP contribution in [-0.2, 0) is 14.3 Å². The third-order valence-electron chi connectivity index (χ3n) is 2.42. The Labute approximate surface area is 111 Å². The van der Waals surface area contributed by atoms with Crippen LogP contribution in [0.15, 0.2) is 24.3 Å². The summed E-state index contributed by atoms with van der Waals surface area (Å²) < 4.78 is 10.1. The van der Waals surface area contributed by atoms with E-state index in [0.717, 1.165) is 0 Å². The van der Waals surface area contributed by atoms with Crippen LogP contribution in [0.1, 0.15) is 13.3 Å². The first kappa shape index (κ1) is 14.8. The summed E-state index contributed by atoms with van der Waals surface area (Å²) >= 11 is 0. The number of hydrogen-bond acceptors (Lipinski definition) is 5. The van der Waals surface area contributed by atoms with E-state index in [9.17, 15) is 9.59 Å². The fourth-order valence-corrected chi connectivity index (χ4v) is 1.44. The summed E-state index contributed by atoms with van der Waals surface area (Å²) in [6.07, 6.45) is 0.140. The summed E-state index contributed by atoms with van der Waals surface area (Å²) in [5.41, 5.74) is 5.69. The van der Waals surface area contributed by atoms with E-state index >= 15 is 0 Å². The molecule has 104 valence electrons. The molecule has 0 bridgehead atoms. The molecule has 0 radical (unpaired) electrons. The summed E-state index contributed by atoms with van der Waals surface area (Å²) in [6.45, 7) is 1.88. The molecule has 1 atom stereocenters. The molecule has 0 aliphatic heterocycles. The van der Waals surface area contributed by atoms with Crippen LogP contribution in [-0.4, -0.2) is 31.6 Å². The zero-order valence-corrected chi connectivity index (χ0v) is 11.0. The number of nitrogens with two attached hydrogens (primary N) is 1. The highest BCUT2D eigenvalue weighted by atomic mass is 16.5. The van der Waals surface area contributed by atoms with Gasteiger partial charge in [-0.1, -0.05) is 12.1 Å². The number of primary amides is 1. The van der Waals surface area contributed by atoms with Gasteiger partial charge >= 0.3 is 5.97 Å². The zero-order valence-electron chi connectivity index (χ0n) is 11.0. The Hall–Kier alpha value is -2.24. The molecule has 0 saturated heterocycles. The Morgan fingerprint density at radius 2 is 2.05 bits per heavy atom. The van der Waals surface area contributed by atoms with Crippen molar-refractivity contribution in [3.8, 4) is 5.75 Å². The Bertz CT molecular complexity index is 448. The predicted octanol–water partition coefficient (Wildman–Crippen LogP) is 0.914. The molecule has 0 spiro atoms. The van der Waals surface area contributed by atoms with E-state index in [1.54, 1.807) is 25.1 Å². The molecule has 0 aromatic heterocycles. The number of amides is 1. The number of anilines is 1. The SMILES string of the molecule is COC(=O)C(C)Nc1ccccc1OCCC(N)=O. The maximum absolute atomic E-state index is 11.3. The number of para-hydroxylation sites is 2. The molecule has 0 saturated carbocycles. The molecule has 1 rings (SSSR count). The largest absolute Gasteiger partial charge is 0.491 e. The number of hydrogen-bond donors (Lipinski definition) is 2. The molecule has 0 aliphatic rings. The van der Waals surface area contributed by atoms with Crippen molar-refractivity contribution in [2.75, 3.05) is 19.0 Å². The fourth-order valence-electron chi connectivity index (χ4n) is 1.44. The summed E-state index contributed by atoms with van der Waals surface area (Å²) in [5, 5.41) is 2.98. The summed E-state index contributed by atoms with van der Waals surface area (Å²) in [6, 6.07) is 6.64. The average molecular weight is 266 g/mol. The van der Waals surface area contributed by atoms with Crippen molar-refractivity contribution in [2.45, 2.75) is 19.4 Å². The lowest BCUT2D eigenvalue weighted by molar-refractivity contribution is -0.141. The molecular formula is C13H18N2O4. The first-order valence-electron chi connectivity index (χ1n) is 5.89. The summed E-state index contributed by atoms with van der Waals surface area (Å²) in [4.78, 5) is 22.0. The van der Waals surface area contributed by atoms with Gasteiger partial charge < -0.3 is 20.5 Å². The third-order valence-corrected chi connectivity index (χ3v) is 2.42. The number of esters is 1. The molecule has 6 heteroatoms. The van der Waals surface area contributed by atoms with Crippen LogP contribution in [0.2, 0.25) is 0 Å². The molecule has 0 fully saturated rings. The van der Waals surface area contributed by atoms with Crippen LogP contribution in [0.25, 0.3) is 0 Å². The van der Waals surface area contributed by atoms with E-state index in [1.165, 1.54) is 7.11 Å². The molecule has 0 heterocycles. The lowest BCUT2D eigenvalue weighted by atomic mass is 10.2. The number of benzene rings is 1. The second-order valence-electron chi connectivity index (χ2n) is 3.95. The Morgan fingerprint density at radius 3 is 2.68 bits per heavy atom. The Kier molecular flexibility index (Phi) is 5.66. The van der Waals surface area contributed by atoms with Crippen molar-refractivity contribution >= 4 is 17.6 Å². The highest BCUT2D eigenvalue weighted by Crippen LogP contribution is 2.24. The Morgan fingerprint density at radius 1 is 1.37 bits per heavy atom. The van der Waals surface area contributed by atoms with Crippen molar-refractivity contribution in [2.24, 2.45) is 5.73 Å². The van der Waals surface area contributed by atoms with E-state index in [-0.39, 0.29) is 19.0 Å². The second kappa shape index (κ2) is 7.25. The van der Waals surface area contributed by atoms with Crippen LogP contribution in [0, 0.1) is 0 Å². The number of carbonyl (C=O) groups is 2. The fraction of sp³-hybridized carbons (Fsp3) is 0.385. The van der Waals surface area contributed by atoms with Gasteiger partial charge in [-0.3, -0.25) is 4.79 Å². The van der Waals surface area contributed by atoms with Gasteiger partial charge in [-0.25, -0.2) is 4.79 Å². The van der Waals surface area contributed by atoms with Gasteiger partial charge in [0.05, 0.1) is 25.8 Å². The lowest BCUT2D eigenvalue weighted by Gasteiger charge is -2.16. The van der Waals surface area contributed by atoms with Gasteiger partial charge in [0.1, 0.15) is 11.8 Å². The maximum atomic E-state index is 11.3. The van der Waals surface area contributed by atoms with E-state index in [1.807, 2.05) is 6.07 Å². The second-order valence-corrected chi connectivity index (χ2v) is 3.95. The molecule has 1 unspecified atom stereocenters. The molecule has 19 heavy (non-hydrogen) atoms. The van der Waals surface area contributed by atoms with Crippen molar-refractivity contribution in [1.29, 1.82) is 0 Å². The van der Waals surface area contributed by atoms with Crippen molar-refractivity contribution in [3.05, 3.63) is 24.3 Å². The highest BCUT2D eigenvalue weighted by molar-refractivity contribution is 5.79. The quantitative estimate of drug-likeness (QED) is 0.716. The van der Waals surface area contributed by atoms with Gasteiger partial charge in [0.2, 0.25) is 5.91 Å². The number of nitrogens with one attached hydrogen (secondary N) is 1. The van der Waals surface area contributed by atoms with Crippen molar-refractivity contribution in [3.63, 3.8) is 0 Å². The molecular weight excluding hydrogens is 248 g/mol. The van der Waals surface area contributed by atoms with Crippen LogP contribution < -0.4 is 15.8 Å². The van der Waals surface area contributed by atoms with Crippen molar-refractivity contribution in [1.82, 2.24) is 0 Å². The van der Waals surface area contributed by atoms with Gasteiger partial charge in [-0.2, -0.15) is 0 Å². The molecule has 3 N–H and O–H groups in total. The predicted molar refractivity (Wildman–Crippen MR) is 70.8 cm³/mol. The molecule has 0 aliphatic carbocycles. The summed E-state index contributed by atoms with van der Waals surface area (Å²) in [5.74, 6) is -0.236. The van der Waals surface area contributed by atoms with Gasteiger partial charge in [0.25, 0.3) is 0 Å². The number of methoxy groups -OCH3 is 1. The van der Waals surface area contributed by atoms with E-state index < -0.39 is 11.9 Å². The normalized spacial score (nSPS) is 11.5. The summed E-state index contributed by atoms with van der Waals surface area (Å²) in [7, 11) is 1.33. The smallest absolute Gasteiger partial charge is 0.327 e. The molecule has 6 nitrogen and oxygen atoms in total. The van der Waals surface area contributed by atoms with E-state index in [4.69, 9.17) is 10.5 Å². The standard InChI is InChI=1S/C13H18N2O4/c1-9(13(17)18-2)15-10-5-3-4-6-11(10)19-8-7-12(14)16/h3-6,9,15H,7-8H2,1-2H3,(H2,14,16). The zero-order chi connectivity index (χ0) is 14.3. The Balaban J connectivity index is 2.67. The minimum atomic E-state index is -0.495. The molecule has 1 aromatic carbocycles. The van der Waals surface area contributed by atoms with Crippen LogP contribution in [0.5, 0.6) is 5.75 Å². The maximum Gasteiger partial charge on any atom is 0.327 e. The average Bonchev–Trinajstić information content (AvgIpc) is 2.39. The van der Waals surface area contributed by atoms with Crippen LogP contribution in [0.4, 0.5) is 5.69 Å². The minimum Gasteiger partial charge on any atom is -0.491 e. The third kappa shape index (κ3) is 4.87. The lowest BCUT2D eigenvalue weighted by Crippen LogP contribution is -2.27. The number of rotatable bonds is 7. The monoisotopic (exact) mass is 266 g/mol. The number of ether oxygens (including phenoxy) is 2. The highest BCUT2D eigenvalue weighted by Gasteiger charge is 2.14. The first-order valence-corrected chi connectivity index (χ1v) is 5.89. The number of carbonyl (C=O) groups excluding carboxylic acids is 2. The van der Waals surface area contributed by atoms with E-state index in [2.05, 4.69) is 10.1 Å². The van der Waals surface area contributed by atoms with Crippen LogP contribution in [0.3, 0.4) is 0 Å². The van der Waals surface area contributed by atoms with Gasteiger partial charge in [-0.05, 0) is 19.1 Å². The molecule has 1 amide bonds. The van der Waals surface area contributed by atoms with E-state index in [0.29, 0.717) is 11.4 Å².